The Balaban J connectivity index is 1.77. The van der Waals surface area contributed by atoms with Crippen molar-refractivity contribution in [1.29, 1.82) is 0 Å². The zero-order valence-electron chi connectivity index (χ0n) is 14.4. The molecule has 1 aliphatic heterocycles. The first-order valence-electron chi connectivity index (χ1n) is 8.95. The van der Waals surface area contributed by atoms with E-state index in [9.17, 15) is 14.7 Å². The first kappa shape index (κ1) is 15.7. The number of carboxylic acid groups (broad SMARTS) is 1. The molecule has 3 atom stereocenters. The lowest BCUT2D eigenvalue weighted by Crippen LogP contribution is -2.50. The Kier molecular flexibility index (Phi) is 3.32. The van der Waals surface area contributed by atoms with Crippen LogP contribution in [0.15, 0.2) is 34.6 Å². The minimum atomic E-state index is -0.650. The second kappa shape index (κ2) is 5.08. The molecule has 0 bridgehead atoms. The number of carbonyl (C=O) groups excluding carboxylic acids is 1. The van der Waals surface area contributed by atoms with Gasteiger partial charge in [-0.15, -0.1) is 0 Å². The Labute approximate surface area is 142 Å². The van der Waals surface area contributed by atoms with Crippen LogP contribution in [0, 0.1) is 16.7 Å². The normalized spacial score (nSPS) is 38.2. The van der Waals surface area contributed by atoms with E-state index in [1.165, 1.54) is 11.1 Å². The van der Waals surface area contributed by atoms with Gasteiger partial charge < -0.3 is 9.84 Å². The molecule has 4 heteroatoms. The van der Waals surface area contributed by atoms with Crippen LogP contribution in [0.4, 0.5) is 0 Å². The van der Waals surface area contributed by atoms with Crippen molar-refractivity contribution in [2.24, 2.45) is 16.7 Å². The molecule has 128 valence electrons. The Morgan fingerprint density at radius 2 is 2.00 bits per heavy atom. The Morgan fingerprint density at radius 3 is 2.75 bits per heavy atom. The van der Waals surface area contributed by atoms with Gasteiger partial charge in [-0.05, 0) is 68.4 Å². The summed E-state index contributed by atoms with van der Waals surface area (Å²) < 4.78 is 5.34. The minimum Gasteiger partial charge on any atom is -0.481 e. The first-order valence-corrected chi connectivity index (χ1v) is 8.95. The zero-order valence-corrected chi connectivity index (χ0v) is 14.4. The molecule has 1 N–H and O–H groups in total. The second-order valence-electron chi connectivity index (χ2n) is 8.19. The maximum atomic E-state index is 12.0. The molecule has 1 heterocycles. The number of rotatable bonds is 1. The van der Waals surface area contributed by atoms with E-state index in [-0.39, 0.29) is 17.3 Å². The maximum absolute atomic E-state index is 12.0. The van der Waals surface area contributed by atoms with E-state index in [1.54, 1.807) is 6.08 Å². The topological polar surface area (TPSA) is 63.6 Å². The number of hydrogen-bond donors (Lipinski definition) is 1. The average Bonchev–Trinajstić information content (AvgIpc) is 2.75. The van der Waals surface area contributed by atoms with E-state index in [0.717, 1.165) is 50.5 Å². The van der Waals surface area contributed by atoms with E-state index >= 15 is 0 Å². The van der Waals surface area contributed by atoms with Crippen LogP contribution in [0.3, 0.4) is 0 Å². The summed E-state index contributed by atoms with van der Waals surface area (Å²) in [6.07, 6.45) is 9.93. The van der Waals surface area contributed by atoms with Crippen LogP contribution in [-0.4, -0.2) is 17.0 Å². The predicted octanol–water partition coefficient (Wildman–Crippen LogP) is 4.14. The Bertz CT molecular complexity index is 726. The molecule has 0 aromatic heterocycles. The summed E-state index contributed by atoms with van der Waals surface area (Å²) in [5.41, 5.74) is 2.99. The standard InChI is InChI=1S/C20H24O4/c1-19-8-3-9-20(2,18(22)23)16(19)7-5-12-10-15-13(4-6-14(12)19)11-17(21)24-15/h10-11,16H,3-9H2,1-2H3,(H,22,23). The highest BCUT2D eigenvalue weighted by Crippen LogP contribution is 2.61. The Morgan fingerprint density at radius 1 is 1.21 bits per heavy atom. The third-order valence-electron chi connectivity index (χ3n) is 6.97. The van der Waals surface area contributed by atoms with Gasteiger partial charge in [0.05, 0.1) is 5.41 Å². The van der Waals surface area contributed by atoms with Crippen molar-refractivity contribution in [3.63, 3.8) is 0 Å². The smallest absolute Gasteiger partial charge is 0.336 e. The second-order valence-corrected chi connectivity index (χ2v) is 8.19. The third-order valence-corrected chi connectivity index (χ3v) is 6.97. The van der Waals surface area contributed by atoms with Crippen LogP contribution in [-0.2, 0) is 14.3 Å². The van der Waals surface area contributed by atoms with Crippen molar-refractivity contribution in [3.05, 3.63) is 34.6 Å². The summed E-state index contributed by atoms with van der Waals surface area (Å²) in [4.78, 5) is 23.5. The molecule has 0 spiro atoms. The number of carbonyl (C=O) groups is 2. The molecule has 0 saturated heterocycles. The minimum absolute atomic E-state index is 0.0563. The van der Waals surface area contributed by atoms with E-state index in [0.29, 0.717) is 5.76 Å². The Hall–Kier alpha value is -1.84. The molecular weight excluding hydrogens is 304 g/mol. The summed E-state index contributed by atoms with van der Waals surface area (Å²) in [5, 5.41) is 9.87. The van der Waals surface area contributed by atoms with Crippen molar-refractivity contribution in [2.45, 2.75) is 58.8 Å². The molecule has 1 saturated carbocycles. The molecule has 4 rings (SSSR count). The van der Waals surface area contributed by atoms with E-state index in [1.807, 2.05) is 13.0 Å². The molecule has 3 aliphatic carbocycles. The molecule has 24 heavy (non-hydrogen) atoms. The fourth-order valence-corrected chi connectivity index (χ4v) is 5.70. The fraction of sp³-hybridized carbons (Fsp3) is 0.600. The van der Waals surface area contributed by atoms with Gasteiger partial charge >= 0.3 is 11.9 Å². The van der Waals surface area contributed by atoms with Gasteiger partial charge in [-0.2, -0.15) is 0 Å². The van der Waals surface area contributed by atoms with Crippen LogP contribution < -0.4 is 0 Å². The zero-order chi connectivity index (χ0) is 17.1. The van der Waals surface area contributed by atoms with Crippen LogP contribution in [0.5, 0.6) is 0 Å². The molecule has 0 amide bonds. The molecule has 0 radical (unpaired) electrons. The average molecular weight is 328 g/mol. The number of fused-ring (bicyclic) bond motifs is 3. The van der Waals surface area contributed by atoms with E-state index in [4.69, 9.17) is 4.74 Å². The lowest BCUT2D eigenvalue weighted by atomic mass is 9.49. The maximum Gasteiger partial charge on any atom is 0.336 e. The predicted molar refractivity (Wildman–Crippen MR) is 88.9 cm³/mol. The number of hydrogen-bond acceptors (Lipinski definition) is 3. The van der Waals surface area contributed by atoms with Crippen molar-refractivity contribution >= 4 is 11.9 Å². The van der Waals surface area contributed by atoms with Gasteiger partial charge in [-0.1, -0.05) is 18.9 Å². The highest BCUT2D eigenvalue weighted by molar-refractivity contribution is 5.88. The number of esters is 1. The van der Waals surface area contributed by atoms with Gasteiger partial charge in [0, 0.05) is 11.6 Å². The van der Waals surface area contributed by atoms with Gasteiger partial charge in [0.25, 0.3) is 0 Å². The largest absolute Gasteiger partial charge is 0.481 e. The lowest BCUT2D eigenvalue weighted by Gasteiger charge is -2.54. The van der Waals surface area contributed by atoms with Gasteiger partial charge in [-0.3, -0.25) is 4.79 Å². The highest BCUT2D eigenvalue weighted by atomic mass is 16.5. The summed E-state index contributed by atoms with van der Waals surface area (Å²) in [5.74, 6) is -0.0222. The van der Waals surface area contributed by atoms with Crippen LogP contribution in [0.2, 0.25) is 0 Å². The van der Waals surface area contributed by atoms with Gasteiger partial charge in [0.15, 0.2) is 0 Å². The number of carboxylic acids is 1. The van der Waals surface area contributed by atoms with E-state index in [2.05, 4.69) is 6.92 Å². The van der Waals surface area contributed by atoms with Crippen molar-refractivity contribution in [2.75, 3.05) is 0 Å². The molecular formula is C20H24O4. The van der Waals surface area contributed by atoms with E-state index < -0.39 is 11.4 Å². The molecule has 4 nitrogen and oxygen atoms in total. The van der Waals surface area contributed by atoms with Crippen LogP contribution in [0.1, 0.15) is 58.8 Å². The van der Waals surface area contributed by atoms with Crippen molar-refractivity contribution in [3.8, 4) is 0 Å². The molecule has 3 unspecified atom stereocenters. The summed E-state index contributed by atoms with van der Waals surface area (Å²) in [7, 11) is 0. The molecule has 1 fully saturated rings. The fourth-order valence-electron chi connectivity index (χ4n) is 5.70. The summed E-state index contributed by atoms with van der Waals surface area (Å²) in [6, 6.07) is 0. The summed E-state index contributed by atoms with van der Waals surface area (Å²) in [6.45, 7) is 4.21. The highest BCUT2D eigenvalue weighted by Gasteiger charge is 2.55. The van der Waals surface area contributed by atoms with Crippen molar-refractivity contribution in [1.82, 2.24) is 0 Å². The lowest BCUT2D eigenvalue weighted by molar-refractivity contribution is -0.159. The molecule has 0 aromatic rings. The first-order chi connectivity index (χ1) is 11.3. The van der Waals surface area contributed by atoms with Gasteiger partial charge in [0.1, 0.15) is 5.76 Å². The van der Waals surface area contributed by atoms with Crippen molar-refractivity contribution < 1.29 is 19.4 Å². The molecule has 0 aromatic carbocycles. The van der Waals surface area contributed by atoms with Gasteiger partial charge in [-0.25, -0.2) is 4.79 Å². The molecule has 4 aliphatic rings. The number of allylic oxidation sites excluding steroid dienone is 4. The van der Waals surface area contributed by atoms with Gasteiger partial charge in [0.2, 0.25) is 0 Å². The number of aliphatic carboxylic acids is 1. The monoisotopic (exact) mass is 328 g/mol. The quantitative estimate of drug-likeness (QED) is 0.735. The van der Waals surface area contributed by atoms with Crippen LogP contribution >= 0.6 is 0 Å². The van der Waals surface area contributed by atoms with Crippen LogP contribution in [0.25, 0.3) is 0 Å². The SMILES string of the molecule is CC1(C(=O)O)CCCC2(C)C3=C(C=C4OC(=O)C=C4CC3)CCC12. The summed E-state index contributed by atoms with van der Waals surface area (Å²) >= 11 is 0. The number of ether oxygens (including phenoxy) is 1. The third kappa shape index (κ3) is 2.04.